The first-order valence-electron chi connectivity index (χ1n) is 5.96. The summed E-state index contributed by atoms with van der Waals surface area (Å²) >= 11 is 1.30. The Bertz CT molecular complexity index is 898. The SMILES string of the molecule is O=S(=O)(Nc1ccc(F)c(I)c1F)c1ccc(F)c(C(F)(F)F)c1. The fourth-order valence-corrected chi connectivity index (χ4v) is 3.25. The van der Waals surface area contributed by atoms with Gasteiger partial charge in [-0.25, -0.2) is 21.6 Å². The van der Waals surface area contributed by atoms with E-state index in [0.717, 1.165) is 12.1 Å². The van der Waals surface area contributed by atoms with Crippen LogP contribution in [0.15, 0.2) is 35.2 Å². The summed E-state index contributed by atoms with van der Waals surface area (Å²) in [7, 11) is -4.65. The van der Waals surface area contributed by atoms with Crippen molar-refractivity contribution >= 4 is 38.3 Å². The molecular weight excluding hydrogens is 475 g/mol. The van der Waals surface area contributed by atoms with Gasteiger partial charge in [-0.3, -0.25) is 4.72 Å². The molecule has 0 radical (unpaired) electrons. The van der Waals surface area contributed by atoms with E-state index in [-0.39, 0.29) is 6.07 Å². The molecule has 1 N–H and O–H groups in total. The summed E-state index contributed by atoms with van der Waals surface area (Å²) in [4.78, 5) is -0.921. The summed E-state index contributed by atoms with van der Waals surface area (Å²) in [6.45, 7) is 0. The van der Waals surface area contributed by atoms with Gasteiger partial charge in [0.2, 0.25) is 0 Å². The van der Waals surface area contributed by atoms with Crippen LogP contribution >= 0.6 is 22.6 Å². The molecule has 0 aliphatic carbocycles. The molecule has 11 heteroatoms. The highest BCUT2D eigenvalue weighted by atomic mass is 127. The van der Waals surface area contributed by atoms with E-state index in [1.807, 2.05) is 0 Å². The Kier molecular flexibility index (Phi) is 5.04. The molecule has 3 nitrogen and oxygen atoms in total. The molecule has 0 aliphatic rings. The number of rotatable bonds is 3. The molecule has 0 spiro atoms. The van der Waals surface area contributed by atoms with Crippen molar-refractivity contribution in [1.82, 2.24) is 0 Å². The van der Waals surface area contributed by atoms with E-state index >= 15 is 0 Å². The molecule has 2 rings (SSSR count). The van der Waals surface area contributed by atoms with Crippen molar-refractivity contribution in [2.45, 2.75) is 11.1 Å². The van der Waals surface area contributed by atoms with E-state index in [0.29, 0.717) is 12.1 Å². The number of halogens is 7. The maximum Gasteiger partial charge on any atom is 0.419 e. The molecule has 0 aliphatic heterocycles. The predicted octanol–water partition coefficient (Wildman–Crippen LogP) is 4.53. The van der Waals surface area contributed by atoms with Crippen LogP contribution in [-0.4, -0.2) is 8.42 Å². The van der Waals surface area contributed by atoms with Gasteiger partial charge in [0.15, 0.2) is 5.82 Å². The second kappa shape index (κ2) is 6.43. The third-order valence-electron chi connectivity index (χ3n) is 2.83. The minimum Gasteiger partial charge on any atom is -0.277 e. The predicted molar refractivity (Wildman–Crippen MR) is 81.3 cm³/mol. The molecule has 24 heavy (non-hydrogen) atoms. The number of nitrogens with one attached hydrogen (secondary N) is 1. The summed E-state index contributed by atoms with van der Waals surface area (Å²) in [5.74, 6) is -3.81. The molecule has 0 saturated heterocycles. The lowest BCUT2D eigenvalue weighted by atomic mass is 10.2. The van der Waals surface area contributed by atoms with Gasteiger partial charge in [0, 0.05) is 0 Å². The first-order valence-corrected chi connectivity index (χ1v) is 8.53. The lowest BCUT2D eigenvalue weighted by Gasteiger charge is -2.13. The minimum atomic E-state index is -5.11. The van der Waals surface area contributed by atoms with Crippen LogP contribution in [0, 0.1) is 21.0 Å². The van der Waals surface area contributed by atoms with Gasteiger partial charge in [-0.15, -0.1) is 0 Å². The fourth-order valence-electron chi connectivity index (χ4n) is 1.70. The van der Waals surface area contributed by atoms with Gasteiger partial charge in [-0.05, 0) is 52.9 Å². The highest BCUT2D eigenvalue weighted by Gasteiger charge is 2.35. The number of sulfonamides is 1. The highest BCUT2D eigenvalue weighted by Crippen LogP contribution is 2.33. The van der Waals surface area contributed by atoms with Crippen LogP contribution in [0.2, 0.25) is 0 Å². The van der Waals surface area contributed by atoms with Gasteiger partial charge in [0.25, 0.3) is 10.0 Å². The number of alkyl halides is 3. The Hall–Kier alpha value is -1.50. The van der Waals surface area contributed by atoms with Gasteiger partial charge >= 0.3 is 6.18 Å². The van der Waals surface area contributed by atoms with Crippen molar-refractivity contribution in [3.63, 3.8) is 0 Å². The maximum absolute atomic E-state index is 13.8. The molecule has 0 fully saturated rings. The standard InChI is InChI=1S/C13H6F6INO2S/c14-8-2-1-6(5-7(8)13(17,18)19)24(22,23)21-10-4-3-9(15)12(20)11(10)16/h1-5,21H. The van der Waals surface area contributed by atoms with Crippen LogP contribution in [0.4, 0.5) is 32.0 Å². The molecule has 2 aromatic rings. The van der Waals surface area contributed by atoms with Crippen LogP contribution in [-0.2, 0) is 16.2 Å². The van der Waals surface area contributed by atoms with Crippen LogP contribution in [0.3, 0.4) is 0 Å². The number of hydrogen-bond acceptors (Lipinski definition) is 2. The summed E-state index contributed by atoms with van der Waals surface area (Å²) in [6.07, 6.45) is -5.11. The quantitative estimate of drug-likeness (QED) is 0.398. The average Bonchev–Trinajstić information content (AvgIpc) is 2.47. The smallest absolute Gasteiger partial charge is 0.277 e. The molecule has 0 bridgehead atoms. The van der Waals surface area contributed by atoms with E-state index in [1.54, 1.807) is 4.72 Å². The molecule has 130 valence electrons. The summed E-state index contributed by atoms with van der Waals surface area (Å²) < 4.78 is 103. The Morgan fingerprint density at radius 2 is 1.54 bits per heavy atom. The molecule has 0 amide bonds. The normalized spacial score (nSPS) is 12.3. The minimum absolute atomic E-state index is 0.0874. The lowest BCUT2D eigenvalue weighted by Crippen LogP contribution is -2.17. The zero-order valence-corrected chi connectivity index (χ0v) is 14.2. The van der Waals surface area contributed by atoms with E-state index in [1.165, 1.54) is 22.6 Å². The molecule has 0 saturated carbocycles. The van der Waals surface area contributed by atoms with Crippen LogP contribution in [0.5, 0.6) is 0 Å². The second-order valence-electron chi connectivity index (χ2n) is 4.47. The Morgan fingerprint density at radius 1 is 0.958 bits per heavy atom. The van der Waals surface area contributed by atoms with Crippen LogP contribution < -0.4 is 4.72 Å². The Balaban J connectivity index is 2.47. The number of benzene rings is 2. The van der Waals surface area contributed by atoms with Crippen LogP contribution in [0.25, 0.3) is 0 Å². The molecular formula is C13H6F6INO2S. The largest absolute Gasteiger partial charge is 0.419 e. The van der Waals surface area contributed by atoms with Gasteiger partial charge in [0.1, 0.15) is 11.6 Å². The first kappa shape index (κ1) is 18.8. The molecule has 0 heterocycles. The lowest BCUT2D eigenvalue weighted by molar-refractivity contribution is -0.140. The molecule has 0 atom stereocenters. The van der Waals surface area contributed by atoms with E-state index in [4.69, 9.17) is 0 Å². The van der Waals surface area contributed by atoms with Crippen molar-refractivity contribution in [3.8, 4) is 0 Å². The zero-order valence-electron chi connectivity index (χ0n) is 11.3. The third-order valence-corrected chi connectivity index (χ3v) is 5.19. The summed E-state index contributed by atoms with van der Waals surface area (Å²) in [6, 6.07) is 2.58. The summed E-state index contributed by atoms with van der Waals surface area (Å²) in [5, 5.41) is 0. The molecule has 0 aromatic heterocycles. The van der Waals surface area contributed by atoms with Gasteiger partial charge in [-0.1, -0.05) is 0 Å². The van der Waals surface area contributed by atoms with E-state index in [9.17, 15) is 34.8 Å². The fraction of sp³-hybridized carbons (Fsp3) is 0.0769. The van der Waals surface area contributed by atoms with Crippen molar-refractivity contribution < 1.29 is 34.8 Å². The van der Waals surface area contributed by atoms with Crippen LogP contribution in [0.1, 0.15) is 5.56 Å². The summed E-state index contributed by atoms with van der Waals surface area (Å²) in [5.41, 5.74) is -2.43. The average molecular weight is 481 g/mol. The number of hydrogen-bond donors (Lipinski definition) is 1. The van der Waals surface area contributed by atoms with Crippen molar-refractivity contribution in [2.75, 3.05) is 4.72 Å². The molecule has 2 aromatic carbocycles. The van der Waals surface area contributed by atoms with Gasteiger partial charge in [-0.2, -0.15) is 13.2 Å². The van der Waals surface area contributed by atoms with Crippen molar-refractivity contribution in [1.29, 1.82) is 0 Å². The van der Waals surface area contributed by atoms with Crippen molar-refractivity contribution in [3.05, 3.63) is 56.9 Å². The van der Waals surface area contributed by atoms with Gasteiger partial charge < -0.3 is 0 Å². The van der Waals surface area contributed by atoms with Gasteiger partial charge in [0.05, 0.1) is 19.7 Å². The van der Waals surface area contributed by atoms with Crippen molar-refractivity contribution in [2.24, 2.45) is 0 Å². The zero-order chi connectivity index (χ0) is 18.3. The van der Waals surface area contributed by atoms with E-state index < -0.39 is 53.4 Å². The number of anilines is 1. The van der Waals surface area contributed by atoms with E-state index in [2.05, 4.69) is 0 Å². The third kappa shape index (κ3) is 3.77. The maximum atomic E-state index is 13.8. The second-order valence-corrected chi connectivity index (χ2v) is 7.23. The topological polar surface area (TPSA) is 46.2 Å². The monoisotopic (exact) mass is 481 g/mol. The Morgan fingerprint density at radius 3 is 2.12 bits per heavy atom. The first-order chi connectivity index (χ1) is 10.9. The highest BCUT2D eigenvalue weighted by molar-refractivity contribution is 14.1. The Labute approximate surface area is 145 Å². The molecule has 0 unspecified atom stereocenters.